The second kappa shape index (κ2) is 10.3. The minimum Gasteiger partial charge on any atom is -0.494 e. The van der Waals surface area contributed by atoms with Gasteiger partial charge in [-0.05, 0) is 59.4 Å². The summed E-state index contributed by atoms with van der Waals surface area (Å²) < 4.78 is 15.0. The number of piperidine rings is 2. The smallest absolute Gasteiger partial charge is 0.410 e. The Bertz CT molecular complexity index is 1350. The summed E-state index contributed by atoms with van der Waals surface area (Å²) in [5.74, 6) is 0.620. The standard InChI is InChI=1S/C28H37N7O3/c1-19-24(20-14-25(37-5)26-21(15-29)16-30-34(26)18-20)17-31-35(19)23-8-10-32(11-9-23)22-6-12-33(13-7-22)27(36)38-28(2,3)4/h14,16-18,22-23H,6-13H2,1-5H3. The fourth-order valence-corrected chi connectivity index (χ4v) is 5.78. The number of fused-ring (bicyclic) bond motifs is 1. The Balaban J connectivity index is 1.22. The predicted octanol–water partition coefficient (Wildman–Crippen LogP) is 4.42. The summed E-state index contributed by atoms with van der Waals surface area (Å²) in [5, 5.41) is 18.5. The van der Waals surface area contributed by atoms with Crippen LogP contribution in [-0.2, 0) is 4.74 Å². The first kappa shape index (κ1) is 26.0. The maximum atomic E-state index is 12.4. The van der Waals surface area contributed by atoms with Gasteiger partial charge in [-0.15, -0.1) is 0 Å². The first-order valence-electron chi connectivity index (χ1n) is 13.4. The number of aromatic nitrogens is 4. The molecule has 0 saturated carbocycles. The number of ether oxygens (including phenoxy) is 2. The molecule has 0 bridgehead atoms. The van der Waals surface area contributed by atoms with Crippen molar-refractivity contribution in [2.24, 2.45) is 0 Å². The molecule has 0 radical (unpaired) electrons. The summed E-state index contributed by atoms with van der Waals surface area (Å²) in [6.45, 7) is 11.4. The molecule has 0 aromatic carbocycles. The number of nitrogens with zero attached hydrogens (tertiary/aromatic N) is 7. The molecule has 5 heterocycles. The molecule has 5 rings (SSSR count). The quantitative estimate of drug-likeness (QED) is 0.503. The van der Waals surface area contributed by atoms with Gasteiger partial charge in [-0.3, -0.25) is 4.68 Å². The van der Waals surface area contributed by atoms with Crippen molar-refractivity contribution >= 4 is 11.6 Å². The van der Waals surface area contributed by atoms with Crippen molar-refractivity contribution in [3.05, 3.63) is 35.9 Å². The number of hydrogen-bond donors (Lipinski definition) is 0. The molecule has 3 aromatic rings. The van der Waals surface area contributed by atoms with Crippen LogP contribution in [-0.4, -0.2) is 80.2 Å². The molecule has 38 heavy (non-hydrogen) atoms. The number of hydrogen-bond acceptors (Lipinski definition) is 7. The summed E-state index contributed by atoms with van der Waals surface area (Å²) in [6, 6.07) is 4.99. The first-order valence-corrected chi connectivity index (χ1v) is 13.4. The number of carbonyl (C=O) groups excluding carboxylic acids is 1. The Labute approximate surface area is 223 Å². The van der Waals surface area contributed by atoms with Crippen LogP contribution in [0.2, 0.25) is 0 Å². The number of methoxy groups -OCH3 is 1. The lowest BCUT2D eigenvalue weighted by Crippen LogP contribution is -2.50. The number of rotatable bonds is 4. The molecule has 2 aliphatic rings. The number of carbonyl (C=O) groups is 1. The van der Waals surface area contributed by atoms with Crippen molar-refractivity contribution in [3.63, 3.8) is 0 Å². The number of amides is 1. The van der Waals surface area contributed by atoms with Crippen LogP contribution in [0.5, 0.6) is 5.75 Å². The van der Waals surface area contributed by atoms with Gasteiger partial charge in [0.15, 0.2) is 0 Å². The van der Waals surface area contributed by atoms with E-state index in [1.165, 1.54) is 0 Å². The Morgan fingerprint density at radius 3 is 2.37 bits per heavy atom. The molecule has 0 atom stereocenters. The van der Waals surface area contributed by atoms with Crippen molar-refractivity contribution in [2.45, 2.75) is 71.1 Å². The van der Waals surface area contributed by atoms with Gasteiger partial charge in [-0.1, -0.05) is 0 Å². The van der Waals surface area contributed by atoms with E-state index in [-0.39, 0.29) is 6.09 Å². The van der Waals surface area contributed by atoms with Gasteiger partial charge in [-0.25, -0.2) is 9.31 Å². The minimum absolute atomic E-state index is 0.200. The van der Waals surface area contributed by atoms with Crippen LogP contribution < -0.4 is 4.74 Å². The van der Waals surface area contributed by atoms with Crippen LogP contribution in [0, 0.1) is 18.3 Å². The third-order valence-electron chi connectivity index (χ3n) is 7.75. The van der Waals surface area contributed by atoms with Gasteiger partial charge in [-0.2, -0.15) is 15.5 Å². The van der Waals surface area contributed by atoms with Gasteiger partial charge in [0, 0.05) is 55.2 Å². The van der Waals surface area contributed by atoms with E-state index in [0.29, 0.717) is 28.9 Å². The SMILES string of the molecule is COc1cc(-c2cnn(C3CCN(C4CCN(C(=O)OC(C)(C)C)CC4)CC3)c2C)cn2ncc(C#N)c12. The molecule has 2 fully saturated rings. The molecule has 202 valence electrons. The third kappa shape index (κ3) is 5.07. The third-order valence-corrected chi connectivity index (χ3v) is 7.75. The summed E-state index contributed by atoms with van der Waals surface area (Å²) in [7, 11) is 1.61. The van der Waals surface area contributed by atoms with E-state index in [1.807, 2.05) is 44.1 Å². The highest BCUT2D eigenvalue weighted by Crippen LogP contribution is 2.34. The lowest BCUT2D eigenvalue weighted by molar-refractivity contribution is 0.0119. The molecule has 2 aliphatic heterocycles. The normalized spacial score (nSPS) is 18.1. The lowest BCUT2D eigenvalue weighted by Gasteiger charge is -2.42. The van der Waals surface area contributed by atoms with Gasteiger partial charge in [0.05, 0.1) is 25.5 Å². The van der Waals surface area contributed by atoms with E-state index in [1.54, 1.807) is 17.8 Å². The van der Waals surface area contributed by atoms with E-state index in [0.717, 1.165) is 68.7 Å². The zero-order chi connectivity index (χ0) is 27.0. The molecule has 1 amide bonds. The predicted molar refractivity (Wildman–Crippen MR) is 143 cm³/mol. The van der Waals surface area contributed by atoms with Crippen LogP contribution in [0.4, 0.5) is 4.79 Å². The fourth-order valence-electron chi connectivity index (χ4n) is 5.78. The van der Waals surface area contributed by atoms with Crippen molar-refractivity contribution in [2.75, 3.05) is 33.3 Å². The maximum absolute atomic E-state index is 12.4. The Hall–Kier alpha value is -3.58. The van der Waals surface area contributed by atoms with Crippen molar-refractivity contribution in [3.8, 4) is 22.9 Å². The average Bonchev–Trinajstić information content (AvgIpc) is 3.50. The molecule has 0 unspecified atom stereocenters. The van der Waals surface area contributed by atoms with E-state index in [4.69, 9.17) is 14.6 Å². The second-order valence-corrected chi connectivity index (χ2v) is 11.3. The number of nitriles is 1. The molecule has 0 N–H and O–H groups in total. The van der Waals surface area contributed by atoms with Gasteiger partial charge in [0.2, 0.25) is 0 Å². The lowest BCUT2D eigenvalue weighted by atomic mass is 9.97. The fraction of sp³-hybridized carbons (Fsp3) is 0.571. The monoisotopic (exact) mass is 519 g/mol. The van der Waals surface area contributed by atoms with Gasteiger partial charge in [0.1, 0.15) is 28.5 Å². The molecular weight excluding hydrogens is 482 g/mol. The van der Waals surface area contributed by atoms with E-state index < -0.39 is 5.60 Å². The number of likely N-dealkylation sites (tertiary alicyclic amines) is 2. The van der Waals surface area contributed by atoms with Crippen LogP contribution in [0.3, 0.4) is 0 Å². The molecule has 2 saturated heterocycles. The number of pyridine rings is 1. The van der Waals surface area contributed by atoms with E-state index in [9.17, 15) is 10.1 Å². The van der Waals surface area contributed by atoms with Crippen LogP contribution in [0.15, 0.2) is 24.7 Å². The molecule has 0 spiro atoms. The van der Waals surface area contributed by atoms with Gasteiger partial charge < -0.3 is 19.3 Å². The van der Waals surface area contributed by atoms with E-state index >= 15 is 0 Å². The summed E-state index contributed by atoms with van der Waals surface area (Å²) >= 11 is 0. The van der Waals surface area contributed by atoms with Gasteiger partial charge in [0.25, 0.3) is 0 Å². The van der Waals surface area contributed by atoms with Crippen LogP contribution >= 0.6 is 0 Å². The van der Waals surface area contributed by atoms with Crippen molar-refractivity contribution in [1.82, 2.24) is 29.2 Å². The Kier molecular flexibility index (Phi) is 7.05. The van der Waals surface area contributed by atoms with Crippen molar-refractivity contribution in [1.29, 1.82) is 5.26 Å². The first-order chi connectivity index (χ1) is 18.2. The maximum Gasteiger partial charge on any atom is 0.410 e. The summed E-state index contributed by atoms with van der Waals surface area (Å²) in [4.78, 5) is 16.8. The summed E-state index contributed by atoms with van der Waals surface area (Å²) in [5.41, 5.74) is 3.81. The average molecular weight is 520 g/mol. The van der Waals surface area contributed by atoms with Crippen LogP contribution in [0.1, 0.15) is 63.8 Å². The highest BCUT2D eigenvalue weighted by Gasteiger charge is 2.32. The van der Waals surface area contributed by atoms with Crippen LogP contribution in [0.25, 0.3) is 16.6 Å². The van der Waals surface area contributed by atoms with Crippen molar-refractivity contribution < 1.29 is 14.3 Å². The molecule has 10 nitrogen and oxygen atoms in total. The Morgan fingerprint density at radius 2 is 1.74 bits per heavy atom. The second-order valence-electron chi connectivity index (χ2n) is 11.3. The molecule has 10 heteroatoms. The highest BCUT2D eigenvalue weighted by atomic mass is 16.6. The molecule has 3 aromatic heterocycles. The molecular formula is C28H37N7O3. The highest BCUT2D eigenvalue weighted by molar-refractivity contribution is 5.76. The zero-order valence-electron chi connectivity index (χ0n) is 23.0. The largest absolute Gasteiger partial charge is 0.494 e. The summed E-state index contributed by atoms with van der Waals surface area (Å²) in [6.07, 6.45) is 9.27. The topological polar surface area (TPSA) is 101 Å². The Morgan fingerprint density at radius 1 is 1.05 bits per heavy atom. The molecule has 0 aliphatic carbocycles. The minimum atomic E-state index is -0.459. The zero-order valence-corrected chi connectivity index (χ0v) is 23.0. The van der Waals surface area contributed by atoms with Gasteiger partial charge >= 0.3 is 6.09 Å². The van der Waals surface area contributed by atoms with E-state index in [2.05, 4.69) is 27.7 Å².